The molecule has 0 aliphatic heterocycles. The summed E-state index contributed by atoms with van der Waals surface area (Å²) in [5.74, 6) is -0.332. The van der Waals surface area contributed by atoms with Gasteiger partial charge in [-0.2, -0.15) is 11.8 Å². The van der Waals surface area contributed by atoms with E-state index in [4.69, 9.17) is 5.11 Å². The van der Waals surface area contributed by atoms with Gasteiger partial charge in [-0.05, 0) is 18.6 Å². The maximum absolute atomic E-state index is 11.6. The van der Waals surface area contributed by atoms with Crippen molar-refractivity contribution in [1.82, 2.24) is 5.32 Å². The van der Waals surface area contributed by atoms with Crippen LogP contribution in [0.5, 0.6) is 0 Å². The summed E-state index contributed by atoms with van der Waals surface area (Å²) in [6, 6.07) is -0.767. The van der Waals surface area contributed by atoms with Crippen LogP contribution in [0.3, 0.4) is 0 Å². The number of rotatable bonds is 7. The van der Waals surface area contributed by atoms with Crippen molar-refractivity contribution in [2.45, 2.75) is 33.2 Å². The molecular formula is C11H21NO3S. The Labute approximate surface area is 101 Å². The van der Waals surface area contributed by atoms with Gasteiger partial charge in [0.2, 0.25) is 5.91 Å². The third-order valence-corrected chi connectivity index (χ3v) is 3.02. The second-order valence-electron chi connectivity index (χ2n) is 4.39. The molecule has 2 N–H and O–H groups in total. The van der Waals surface area contributed by atoms with Crippen molar-refractivity contribution >= 4 is 23.6 Å². The third-order valence-electron chi connectivity index (χ3n) is 2.19. The van der Waals surface area contributed by atoms with Gasteiger partial charge in [0.15, 0.2) is 0 Å². The van der Waals surface area contributed by atoms with E-state index in [1.807, 2.05) is 20.1 Å². The van der Waals surface area contributed by atoms with E-state index in [1.54, 1.807) is 18.7 Å². The lowest BCUT2D eigenvalue weighted by Gasteiger charge is -2.18. The van der Waals surface area contributed by atoms with Gasteiger partial charge in [0.05, 0.1) is 0 Å². The van der Waals surface area contributed by atoms with Crippen molar-refractivity contribution < 1.29 is 14.7 Å². The molecule has 0 radical (unpaired) electrons. The molecule has 0 aromatic carbocycles. The van der Waals surface area contributed by atoms with Crippen molar-refractivity contribution in [2.75, 3.05) is 12.0 Å². The molecule has 0 fully saturated rings. The van der Waals surface area contributed by atoms with Crippen LogP contribution in [0.2, 0.25) is 0 Å². The van der Waals surface area contributed by atoms with E-state index in [0.29, 0.717) is 12.2 Å². The average molecular weight is 247 g/mol. The van der Waals surface area contributed by atoms with Crippen molar-refractivity contribution in [3.8, 4) is 0 Å². The normalized spacial score (nSPS) is 14.6. The van der Waals surface area contributed by atoms with Crippen LogP contribution in [0.1, 0.15) is 27.2 Å². The quantitative estimate of drug-likeness (QED) is 0.717. The van der Waals surface area contributed by atoms with Gasteiger partial charge >= 0.3 is 5.97 Å². The van der Waals surface area contributed by atoms with Crippen molar-refractivity contribution in [1.29, 1.82) is 0 Å². The Hall–Kier alpha value is -0.710. The molecule has 0 aromatic rings. The summed E-state index contributed by atoms with van der Waals surface area (Å²) < 4.78 is 0. The Bertz CT molecular complexity index is 243. The minimum atomic E-state index is -0.960. The van der Waals surface area contributed by atoms with E-state index in [0.717, 1.165) is 0 Å². The van der Waals surface area contributed by atoms with Gasteiger partial charge in [-0.3, -0.25) is 4.79 Å². The highest BCUT2D eigenvalue weighted by Crippen LogP contribution is 2.08. The number of hydrogen-bond acceptors (Lipinski definition) is 3. The molecule has 0 rings (SSSR count). The molecule has 0 spiro atoms. The molecule has 16 heavy (non-hydrogen) atoms. The number of amides is 1. The first-order chi connectivity index (χ1) is 7.38. The average Bonchev–Trinajstić information content (AvgIpc) is 2.16. The number of carboxylic acids is 1. The number of carbonyl (C=O) groups is 2. The van der Waals surface area contributed by atoms with Gasteiger partial charge in [-0.15, -0.1) is 0 Å². The summed E-state index contributed by atoms with van der Waals surface area (Å²) in [5, 5.41) is 11.5. The van der Waals surface area contributed by atoms with E-state index in [1.165, 1.54) is 0 Å². The molecule has 94 valence electrons. The van der Waals surface area contributed by atoms with Crippen LogP contribution >= 0.6 is 11.8 Å². The number of aliphatic carboxylic acids is 1. The molecule has 0 bridgehead atoms. The van der Waals surface area contributed by atoms with Crippen LogP contribution in [0.4, 0.5) is 0 Å². The van der Waals surface area contributed by atoms with Crippen molar-refractivity contribution in [3.63, 3.8) is 0 Å². The van der Waals surface area contributed by atoms with E-state index < -0.39 is 12.0 Å². The van der Waals surface area contributed by atoms with Gasteiger partial charge in [-0.1, -0.05) is 20.8 Å². The molecule has 2 atom stereocenters. The highest BCUT2D eigenvalue weighted by molar-refractivity contribution is 7.98. The summed E-state index contributed by atoms with van der Waals surface area (Å²) in [4.78, 5) is 22.6. The maximum atomic E-state index is 11.6. The standard InChI is InChI=1S/C11H21NO3S/c1-7(2)5-9(11(14)15)12-10(13)8(3)6-16-4/h7-9H,5-6H2,1-4H3,(H,12,13)(H,14,15)/t8?,9-/m1/s1. The Morgan fingerprint density at radius 1 is 1.31 bits per heavy atom. The molecule has 0 aliphatic carbocycles. The first-order valence-electron chi connectivity index (χ1n) is 5.40. The largest absolute Gasteiger partial charge is 0.480 e. The number of carboxylic acid groups (broad SMARTS) is 1. The van der Waals surface area contributed by atoms with Gasteiger partial charge in [0.1, 0.15) is 6.04 Å². The molecule has 0 aliphatic rings. The first kappa shape index (κ1) is 15.3. The summed E-state index contributed by atoms with van der Waals surface area (Å²) in [6.45, 7) is 5.68. The Balaban J connectivity index is 4.28. The van der Waals surface area contributed by atoms with Crippen LogP contribution in [0, 0.1) is 11.8 Å². The van der Waals surface area contributed by atoms with E-state index in [9.17, 15) is 9.59 Å². The van der Waals surface area contributed by atoms with Crippen molar-refractivity contribution in [3.05, 3.63) is 0 Å². The van der Waals surface area contributed by atoms with Gasteiger partial charge in [0, 0.05) is 11.7 Å². The first-order valence-corrected chi connectivity index (χ1v) is 6.80. The maximum Gasteiger partial charge on any atom is 0.326 e. The van der Waals surface area contributed by atoms with Crippen LogP contribution in [0.15, 0.2) is 0 Å². The Morgan fingerprint density at radius 2 is 1.88 bits per heavy atom. The molecule has 4 nitrogen and oxygen atoms in total. The SMILES string of the molecule is CSCC(C)C(=O)N[C@H](CC(C)C)C(=O)O. The second kappa shape index (κ2) is 7.54. The molecule has 1 amide bonds. The highest BCUT2D eigenvalue weighted by Gasteiger charge is 2.23. The number of thioether (sulfide) groups is 1. The lowest BCUT2D eigenvalue weighted by Crippen LogP contribution is -2.44. The van der Waals surface area contributed by atoms with E-state index >= 15 is 0 Å². The molecule has 0 saturated heterocycles. The van der Waals surface area contributed by atoms with Gasteiger partial charge in [-0.25, -0.2) is 4.79 Å². The smallest absolute Gasteiger partial charge is 0.326 e. The summed E-state index contributed by atoms with van der Waals surface area (Å²) in [5.41, 5.74) is 0. The van der Waals surface area contributed by atoms with Crippen molar-refractivity contribution in [2.24, 2.45) is 11.8 Å². The van der Waals surface area contributed by atoms with Crippen LogP contribution in [-0.2, 0) is 9.59 Å². The second-order valence-corrected chi connectivity index (χ2v) is 5.30. The Kier molecular flexibility index (Phi) is 7.21. The predicted octanol–water partition coefficient (Wildman–Crippen LogP) is 1.60. The monoisotopic (exact) mass is 247 g/mol. The minimum Gasteiger partial charge on any atom is -0.480 e. The molecule has 5 heteroatoms. The summed E-state index contributed by atoms with van der Waals surface area (Å²) in [7, 11) is 0. The zero-order chi connectivity index (χ0) is 12.7. The van der Waals surface area contributed by atoms with Crippen LogP contribution < -0.4 is 5.32 Å². The zero-order valence-corrected chi connectivity index (χ0v) is 11.1. The third kappa shape index (κ3) is 6.00. The van der Waals surface area contributed by atoms with E-state index in [2.05, 4.69) is 5.32 Å². The molecular weight excluding hydrogens is 226 g/mol. The Morgan fingerprint density at radius 3 is 2.25 bits per heavy atom. The number of carbonyl (C=O) groups excluding carboxylic acids is 1. The zero-order valence-electron chi connectivity index (χ0n) is 10.3. The fourth-order valence-corrected chi connectivity index (χ4v) is 1.98. The highest BCUT2D eigenvalue weighted by atomic mass is 32.2. The summed E-state index contributed by atoms with van der Waals surface area (Å²) >= 11 is 1.58. The molecule has 0 heterocycles. The van der Waals surface area contributed by atoms with Crippen LogP contribution in [0.25, 0.3) is 0 Å². The predicted molar refractivity (Wildman–Crippen MR) is 66.6 cm³/mol. The molecule has 1 unspecified atom stereocenters. The minimum absolute atomic E-state index is 0.149. The lowest BCUT2D eigenvalue weighted by molar-refractivity contribution is -0.142. The lowest BCUT2D eigenvalue weighted by atomic mass is 10.0. The van der Waals surface area contributed by atoms with Gasteiger partial charge < -0.3 is 10.4 Å². The topological polar surface area (TPSA) is 66.4 Å². The molecule has 0 saturated carbocycles. The number of nitrogens with one attached hydrogen (secondary N) is 1. The fraction of sp³-hybridized carbons (Fsp3) is 0.818. The van der Waals surface area contributed by atoms with Crippen LogP contribution in [-0.4, -0.2) is 35.0 Å². The summed E-state index contributed by atoms with van der Waals surface area (Å²) in [6.07, 6.45) is 2.39. The number of hydrogen-bond donors (Lipinski definition) is 2. The van der Waals surface area contributed by atoms with Gasteiger partial charge in [0.25, 0.3) is 0 Å². The van der Waals surface area contributed by atoms with E-state index in [-0.39, 0.29) is 17.7 Å². The molecule has 0 aromatic heterocycles. The fourth-order valence-electron chi connectivity index (χ4n) is 1.33.